The molecule has 1 aromatic carbocycles. The topological polar surface area (TPSA) is 95.1 Å². The third-order valence-corrected chi connectivity index (χ3v) is 3.02. The van der Waals surface area contributed by atoms with Gasteiger partial charge in [-0.2, -0.15) is 0 Å². The van der Waals surface area contributed by atoms with E-state index in [9.17, 15) is 9.59 Å². The second kappa shape index (κ2) is 12.9. The van der Waals surface area contributed by atoms with Gasteiger partial charge in [0.05, 0.1) is 26.4 Å². The van der Waals surface area contributed by atoms with Gasteiger partial charge < -0.3 is 29.6 Å². The molecule has 0 fully saturated rings. The van der Waals surface area contributed by atoms with Gasteiger partial charge in [-0.25, -0.2) is 9.59 Å². The Kier molecular flexibility index (Phi) is 10.9. The summed E-state index contributed by atoms with van der Waals surface area (Å²) in [5.74, 6) is 0. The molecule has 0 saturated heterocycles. The molecular weight excluding hydrogens is 352 g/mol. The number of hydrogen-bond acceptors (Lipinski definition) is 6. The van der Waals surface area contributed by atoms with Gasteiger partial charge in [0, 0.05) is 13.1 Å². The molecule has 0 aliphatic heterocycles. The van der Waals surface area contributed by atoms with Crippen molar-refractivity contribution in [3.63, 3.8) is 0 Å². The first-order valence-corrected chi connectivity index (χ1v) is 8.94. The van der Waals surface area contributed by atoms with Gasteiger partial charge >= 0.3 is 12.2 Å². The van der Waals surface area contributed by atoms with Crippen LogP contribution in [0, 0.1) is 0 Å². The highest BCUT2D eigenvalue weighted by molar-refractivity contribution is 5.67. The first kappa shape index (κ1) is 22.7. The molecule has 0 aliphatic rings. The van der Waals surface area contributed by atoms with Crippen LogP contribution in [0.5, 0.6) is 0 Å². The molecule has 0 bridgehead atoms. The van der Waals surface area contributed by atoms with Crippen molar-refractivity contribution >= 4 is 12.2 Å². The van der Waals surface area contributed by atoms with Crippen LogP contribution < -0.4 is 10.6 Å². The Balaban J connectivity index is 1.87. The van der Waals surface area contributed by atoms with Gasteiger partial charge in [-0.1, -0.05) is 30.3 Å². The van der Waals surface area contributed by atoms with Crippen molar-refractivity contribution in [3.05, 3.63) is 35.9 Å². The second-order valence-electron chi connectivity index (χ2n) is 6.64. The van der Waals surface area contributed by atoms with Gasteiger partial charge in [0.15, 0.2) is 0 Å². The number of carbonyl (C=O) groups excluding carboxylic acids is 2. The van der Waals surface area contributed by atoms with Gasteiger partial charge in [0.25, 0.3) is 0 Å². The summed E-state index contributed by atoms with van der Waals surface area (Å²) >= 11 is 0. The Labute approximate surface area is 160 Å². The highest BCUT2D eigenvalue weighted by Gasteiger charge is 2.15. The Morgan fingerprint density at radius 3 is 1.96 bits per heavy atom. The zero-order valence-electron chi connectivity index (χ0n) is 16.3. The lowest BCUT2D eigenvalue weighted by Crippen LogP contribution is -2.34. The number of ether oxygens (including phenoxy) is 4. The van der Waals surface area contributed by atoms with Gasteiger partial charge in [-0.15, -0.1) is 0 Å². The predicted molar refractivity (Wildman–Crippen MR) is 101 cm³/mol. The van der Waals surface area contributed by atoms with E-state index >= 15 is 0 Å². The molecule has 0 aliphatic carbocycles. The van der Waals surface area contributed by atoms with E-state index in [4.69, 9.17) is 18.9 Å². The average molecular weight is 382 g/mol. The third kappa shape index (κ3) is 13.5. The molecule has 0 radical (unpaired) electrons. The third-order valence-electron chi connectivity index (χ3n) is 3.02. The van der Waals surface area contributed by atoms with Crippen LogP contribution in [-0.2, 0) is 25.6 Å². The van der Waals surface area contributed by atoms with Gasteiger partial charge in [0.1, 0.15) is 12.2 Å². The standard InChI is InChI=1S/C19H30N2O6/c1-19(2,3)27-18(23)21-10-12-25-14-13-24-11-9-20-17(22)26-15-16-7-5-4-6-8-16/h4-8H,9-15H2,1-3H3,(H,20,22)(H,21,23). The van der Waals surface area contributed by atoms with Gasteiger partial charge in [-0.3, -0.25) is 0 Å². The monoisotopic (exact) mass is 382 g/mol. The number of benzene rings is 1. The average Bonchev–Trinajstić information content (AvgIpc) is 2.61. The van der Waals surface area contributed by atoms with Crippen LogP contribution in [0.3, 0.4) is 0 Å². The molecule has 1 aromatic rings. The summed E-state index contributed by atoms with van der Waals surface area (Å²) in [6.45, 7) is 7.89. The zero-order chi connectivity index (χ0) is 20.0. The highest BCUT2D eigenvalue weighted by Crippen LogP contribution is 2.06. The Bertz CT molecular complexity index is 545. The van der Waals surface area contributed by atoms with Crippen molar-refractivity contribution in [3.8, 4) is 0 Å². The van der Waals surface area contributed by atoms with Crippen LogP contribution in [-0.4, -0.2) is 57.3 Å². The van der Waals surface area contributed by atoms with E-state index in [-0.39, 0.29) is 6.61 Å². The molecule has 27 heavy (non-hydrogen) atoms. The lowest BCUT2D eigenvalue weighted by Gasteiger charge is -2.19. The van der Waals surface area contributed by atoms with Crippen molar-refractivity contribution in [1.82, 2.24) is 10.6 Å². The lowest BCUT2D eigenvalue weighted by molar-refractivity contribution is 0.0399. The molecule has 0 atom stereocenters. The molecule has 152 valence electrons. The van der Waals surface area contributed by atoms with E-state index in [1.54, 1.807) is 20.8 Å². The summed E-state index contributed by atoms with van der Waals surface area (Å²) in [6.07, 6.45) is -0.945. The predicted octanol–water partition coefficient (Wildman–Crippen LogP) is 2.47. The molecule has 0 unspecified atom stereocenters. The largest absolute Gasteiger partial charge is 0.445 e. The van der Waals surface area contributed by atoms with E-state index in [0.717, 1.165) is 5.56 Å². The lowest BCUT2D eigenvalue weighted by atomic mass is 10.2. The SMILES string of the molecule is CC(C)(C)OC(=O)NCCOCCOCCNC(=O)OCc1ccccc1. The zero-order valence-corrected chi connectivity index (χ0v) is 16.3. The maximum atomic E-state index is 11.5. The van der Waals surface area contributed by atoms with Crippen LogP contribution in [0.25, 0.3) is 0 Å². The fraction of sp³-hybridized carbons (Fsp3) is 0.579. The maximum Gasteiger partial charge on any atom is 0.407 e. The van der Waals surface area contributed by atoms with E-state index in [2.05, 4.69) is 10.6 Å². The number of nitrogens with one attached hydrogen (secondary N) is 2. The van der Waals surface area contributed by atoms with Crippen molar-refractivity contribution in [2.24, 2.45) is 0 Å². The number of alkyl carbamates (subject to hydrolysis) is 2. The summed E-state index contributed by atoms with van der Waals surface area (Å²) in [5, 5.41) is 5.20. The Morgan fingerprint density at radius 1 is 0.852 bits per heavy atom. The van der Waals surface area contributed by atoms with Crippen molar-refractivity contribution < 1.29 is 28.5 Å². The van der Waals surface area contributed by atoms with Crippen LogP contribution in [0.4, 0.5) is 9.59 Å². The number of carbonyl (C=O) groups is 2. The van der Waals surface area contributed by atoms with Crippen LogP contribution >= 0.6 is 0 Å². The first-order chi connectivity index (χ1) is 12.9. The van der Waals surface area contributed by atoms with Gasteiger partial charge in [0.2, 0.25) is 0 Å². The molecule has 0 aromatic heterocycles. The summed E-state index contributed by atoms with van der Waals surface area (Å²) in [5.41, 5.74) is 0.419. The molecule has 0 heterocycles. The molecule has 1 rings (SSSR count). The highest BCUT2D eigenvalue weighted by atomic mass is 16.6. The fourth-order valence-corrected chi connectivity index (χ4v) is 1.86. The number of amides is 2. The van der Waals surface area contributed by atoms with Crippen molar-refractivity contribution in [1.29, 1.82) is 0 Å². The molecular formula is C19H30N2O6. The van der Waals surface area contributed by atoms with Crippen LogP contribution in [0.15, 0.2) is 30.3 Å². The normalized spacial score (nSPS) is 10.9. The molecule has 8 nitrogen and oxygen atoms in total. The van der Waals surface area contributed by atoms with Crippen molar-refractivity contribution in [2.45, 2.75) is 33.0 Å². The number of rotatable bonds is 11. The molecule has 8 heteroatoms. The van der Waals surface area contributed by atoms with E-state index in [1.165, 1.54) is 0 Å². The summed E-state index contributed by atoms with van der Waals surface area (Å²) < 4.78 is 20.8. The smallest absolute Gasteiger partial charge is 0.407 e. The Morgan fingerprint density at radius 2 is 1.41 bits per heavy atom. The second-order valence-corrected chi connectivity index (χ2v) is 6.64. The minimum absolute atomic E-state index is 0.235. The maximum absolute atomic E-state index is 11.5. The fourth-order valence-electron chi connectivity index (χ4n) is 1.86. The molecule has 2 amide bonds. The molecule has 2 N–H and O–H groups in total. The van der Waals surface area contributed by atoms with E-state index < -0.39 is 17.8 Å². The summed E-state index contributed by atoms with van der Waals surface area (Å²) in [6, 6.07) is 9.46. The molecule has 0 saturated carbocycles. The minimum atomic E-state index is -0.513. The van der Waals surface area contributed by atoms with E-state index in [1.807, 2.05) is 30.3 Å². The van der Waals surface area contributed by atoms with Crippen LogP contribution in [0.2, 0.25) is 0 Å². The quantitative estimate of drug-likeness (QED) is 0.571. The number of hydrogen-bond donors (Lipinski definition) is 2. The van der Waals surface area contributed by atoms with Gasteiger partial charge in [-0.05, 0) is 26.3 Å². The summed E-state index contributed by atoms with van der Waals surface area (Å²) in [7, 11) is 0. The first-order valence-electron chi connectivity index (χ1n) is 8.94. The van der Waals surface area contributed by atoms with Crippen LogP contribution in [0.1, 0.15) is 26.3 Å². The Hall–Kier alpha value is -2.32. The van der Waals surface area contributed by atoms with Crippen molar-refractivity contribution in [2.75, 3.05) is 39.5 Å². The van der Waals surface area contributed by atoms with E-state index in [0.29, 0.717) is 39.5 Å². The minimum Gasteiger partial charge on any atom is -0.445 e. The molecule has 0 spiro atoms. The summed E-state index contributed by atoms with van der Waals surface area (Å²) in [4.78, 5) is 22.9.